The molecule has 2 aliphatic heterocycles. The minimum Gasteiger partial charge on any atom is -0.468 e. The summed E-state index contributed by atoms with van der Waals surface area (Å²) in [4.78, 5) is 55.9. The van der Waals surface area contributed by atoms with Gasteiger partial charge in [-0.1, -0.05) is 0 Å². The highest BCUT2D eigenvalue weighted by molar-refractivity contribution is 6.10. The maximum absolute atomic E-state index is 12.9. The van der Waals surface area contributed by atoms with Crippen LogP contribution >= 0.6 is 0 Å². The first-order chi connectivity index (χ1) is 14.1. The molecule has 0 N–H and O–H groups in total. The molecule has 2 heterocycles. The molecule has 166 valence electrons. The Morgan fingerprint density at radius 3 is 2.13 bits per heavy atom. The van der Waals surface area contributed by atoms with E-state index >= 15 is 0 Å². The molecule has 0 saturated carbocycles. The van der Waals surface area contributed by atoms with Crippen molar-refractivity contribution in [3.8, 4) is 0 Å². The maximum atomic E-state index is 12.9. The van der Waals surface area contributed by atoms with Crippen LogP contribution in [0.1, 0.15) is 27.7 Å². The van der Waals surface area contributed by atoms with E-state index in [0.29, 0.717) is 18.8 Å². The zero-order valence-corrected chi connectivity index (χ0v) is 18.1. The second-order valence-corrected chi connectivity index (χ2v) is 7.39. The van der Waals surface area contributed by atoms with E-state index in [1.807, 2.05) is 13.8 Å². The average Bonchev–Trinajstić information content (AvgIpc) is 2.69. The Balaban J connectivity index is 2.22. The Hall–Kier alpha value is -2.75. The highest BCUT2D eigenvalue weighted by Gasteiger charge is 2.46. The first-order valence-electron chi connectivity index (χ1n) is 9.62. The Kier molecular flexibility index (Phi) is 7.71. The first kappa shape index (κ1) is 23.5. The number of ether oxygens (including phenoxy) is 4. The van der Waals surface area contributed by atoms with E-state index in [9.17, 15) is 19.2 Å². The van der Waals surface area contributed by atoms with Gasteiger partial charge in [-0.25, -0.2) is 4.79 Å². The predicted molar refractivity (Wildman–Crippen MR) is 104 cm³/mol. The van der Waals surface area contributed by atoms with Gasteiger partial charge in [0.25, 0.3) is 5.91 Å². The van der Waals surface area contributed by atoms with Gasteiger partial charge in [0, 0.05) is 24.5 Å². The number of methoxy groups -OCH3 is 2. The third-order valence-corrected chi connectivity index (χ3v) is 5.05. The second-order valence-electron chi connectivity index (χ2n) is 7.39. The number of rotatable bonds is 5. The average molecular weight is 424 g/mol. The minimum absolute atomic E-state index is 0.0930. The van der Waals surface area contributed by atoms with Crippen LogP contribution in [0.25, 0.3) is 0 Å². The minimum atomic E-state index is -1.32. The van der Waals surface area contributed by atoms with E-state index in [2.05, 4.69) is 4.99 Å². The SMILES string of the molecule is COC(=O)C1=C(C)N=C(C)C(C(=O)OC)[C@@H]1C(=O)OCC(=O)N1C[C@@H](C)O[C@H](C)C1. The number of allylic oxidation sites excluding steroid dienone is 1. The summed E-state index contributed by atoms with van der Waals surface area (Å²) >= 11 is 0. The van der Waals surface area contributed by atoms with Crippen LogP contribution in [0.5, 0.6) is 0 Å². The van der Waals surface area contributed by atoms with E-state index in [1.54, 1.807) is 11.8 Å². The number of morpholine rings is 1. The van der Waals surface area contributed by atoms with Crippen LogP contribution in [0.2, 0.25) is 0 Å². The molecule has 0 bridgehead atoms. The van der Waals surface area contributed by atoms with Crippen LogP contribution in [0.4, 0.5) is 0 Å². The molecule has 1 fully saturated rings. The van der Waals surface area contributed by atoms with Gasteiger partial charge >= 0.3 is 17.9 Å². The normalized spacial score (nSPS) is 26.6. The van der Waals surface area contributed by atoms with Crippen LogP contribution in [0.3, 0.4) is 0 Å². The van der Waals surface area contributed by atoms with Crippen molar-refractivity contribution < 1.29 is 38.1 Å². The molecule has 10 heteroatoms. The fourth-order valence-electron chi connectivity index (χ4n) is 3.79. The van der Waals surface area contributed by atoms with E-state index < -0.39 is 36.4 Å². The van der Waals surface area contributed by atoms with Crippen molar-refractivity contribution in [3.63, 3.8) is 0 Å². The summed E-state index contributed by atoms with van der Waals surface area (Å²) in [7, 11) is 2.33. The summed E-state index contributed by atoms with van der Waals surface area (Å²) in [5, 5.41) is 0. The van der Waals surface area contributed by atoms with E-state index in [4.69, 9.17) is 18.9 Å². The molecular formula is C20H28N2O8. The monoisotopic (exact) mass is 424 g/mol. The molecule has 0 aromatic heterocycles. The van der Waals surface area contributed by atoms with Crippen molar-refractivity contribution in [1.29, 1.82) is 0 Å². The van der Waals surface area contributed by atoms with Gasteiger partial charge in [-0.05, 0) is 27.7 Å². The summed E-state index contributed by atoms with van der Waals surface area (Å²) < 4.78 is 20.4. The summed E-state index contributed by atoms with van der Waals surface area (Å²) in [5.41, 5.74) is 0.448. The quantitative estimate of drug-likeness (QED) is 0.462. The van der Waals surface area contributed by atoms with Crippen LogP contribution in [0, 0.1) is 11.8 Å². The van der Waals surface area contributed by atoms with Crippen LogP contribution < -0.4 is 0 Å². The Morgan fingerprint density at radius 1 is 1.00 bits per heavy atom. The Morgan fingerprint density at radius 2 is 1.60 bits per heavy atom. The molecule has 0 spiro atoms. The number of aliphatic imine (C=N–C) groups is 1. The molecular weight excluding hydrogens is 396 g/mol. The summed E-state index contributed by atoms with van der Waals surface area (Å²) in [6.07, 6.45) is -0.267. The zero-order valence-electron chi connectivity index (χ0n) is 18.1. The number of carbonyl (C=O) groups excluding carboxylic acids is 4. The van der Waals surface area contributed by atoms with Crippen LogP contribution in [0.15, 0.2) is 16.3 Å². The van der Waals surface area contributed by atoms with Crippen molar-refractivity contribution in [3.05, 3.63) is 11.3 Å². The third-order valence-electron chi connectivity index (χ3n) is 5.05. The number of amides is 1. The molecule has 10 nitrogen and oxygen atoms in total. The molecule has 2 aliphatic rings. The van der Waals surface area contributed by atoms with Crippen molar-refractivity contribution in [2.45, 2.75) is 39.9 Å². The molecule has 0 aliphatic carbocycles. The van der Waals surface area contributed by atoms with Gasteiger partial charge < -0.3 is 23.8 Å². The lowest BCUT2D eigenvalue weighted by Gasteiger charge is -2.35. The van der Waals surface area contributed by atoms with Gasteiger partial charge in [-0.15, -0.1) is 0 Å². The number of nitrogens with zero attached hydrogens (tertiary/aromatic N) is 2. The Labute approximate surface area is 175 Å². The van der Waals surface area contributed by atoms with Gasteiger partial charge in [0.1, 0.15) is 11.8 Å². The van der Waals surface area contributed by atoms with Crippen molar-refractivity contribution >= 4 is 29.5 Å². The van der Waals surface area contributed by atoms with Gasteiger partial charge in [0.15, 0.2) is 6.61 Å². The number of carbonyl (C=O) groups is 4. The summed E-state index contributed by atoms with van der Waals surface area (Å²) in [6.45, 7) is 7.03. The highest BCUT2D eigenvalue weighted by Crippen LogP contribution is 2.33. The van der Waals surface area contributed by atoms with Crippen molar-refractivity contribution in [1.82, 2.24) is 4.90 Å². The largest absolute Gasteiger partial charge is 0.468 e. The first-order valence-corrected chi connectivity index (χ1v) is 9.62. The Bertz CT molecular complexity index is 778. The number of hydrogen-bond donors (Lipinski definition) is 0. The van der Waals surface area contributed by atoms with Gasteiger partial charge in [-0.3, -0.25) is 19.4 Å². The smallest absolute Gasteiger partial charge is 0.336 e. The maximum Gasteiger partial charge on any atom is 0.336 e. The van der Waals surface area contributed by atoms with E-state index in [1.165, 1.54) is 14.0 Å². The zero-order chi connectivity index (χ0) is 22.6. The van der Waals surface area contributed by atoms with E-state index in [-0.39, 0.29) is 29.4 Å². The van der Waals surface area contributed by atoms with Gasteiger partial charge in [0.05, 0.1) is 32.0 Å². The lowest BCUT2D eigenvalue weighted by atomic mass is 9.80. The molecule has 0 radical (unpaired) electrons. The third kappa shape index (κ3) is 5.05. The van der Waals surface area contributed by atoms with Crippen LogP contribution in [-0.2, 0) is 38.1 Å². The van der Waals surface area contributed by atoms with Gasteiger partial charge in [0.2, 0.25) is 0 Å². The van der Waals surface area contributed by atoms with Gasteiger partial charge in [-0.2, -0.15) is 0 Å². The van der Waals surface area contributed by atoms with Crippen molar-refractivity contribution in [2.75, 3.05) is 33.9 Å². The summed E-state index contributed by atoms with van der Waals surface area (Å²) in [5.74, 6) is -5.31. The molecule has 0 aromatic rings. The molecule has 2 rings (SSSR count). The lowest BCUT2D eigenvalue weighted by molar-refractivity contribution is -0.162. The van der Waals surface area contributed by atoms with Crippen LogP contribution in [-0.4, -0.2) is 80.6 Å². The fourth-order valence-corrected chi connectivity index (χ4v) is 3.79. The number of esters is 3. The van der Waals surface area contributed by atoms with E-state index in [0.717, 1.165) is 7.11 Å². The molecule has 4 atom stereocenters. The highest BCUT2D eigenvalue weighted by atomic mass is 16.5. The molecule has 1 saturated heterocycles. The standard InChI is InChI=1S/C20H28N2O8/c1-10-7-22(8-11(2)30-10)14(23)9-29-20(26)17-15(18(24)27-5)12(3)21-13(4)16(17)19(25)28-6/h10-11,15,17H,7-9H2,1-6H3/t10-,11-,15?,17+/m1/s1. The number of hydrogen-bond acceptors (Lipinski definition) is 9. The molecule has 1 amide bonds. The molecule has 0 aromatic carbocycles. The summed E-state index contributed by atoms with van der Waals surface area (Å²) in [6, 6.07) is 0. The lowest BCUT2D eigenvalue weighted by Crippen LogP contribution is -2.50. The topological polar surface area (TPSA) is 121 Å². The second kappa shape index (κ2) is 9.84. The molecule has 30 heavy (non-hydrogen) atoms. The fraction of sp³-hybridized carbons (Fsp3) is 0.650. The van der Waals surface area contributed by atoms with Crippen molar-refractivity contribution in [2.24, 2.45) is 16.8 Å². The molecule has 1 unspecified atom stereocenters. The predicted octanol–water partition coefficient (Wildman–Crippen LogP) is 0.492.